The van der Waals surface area contributed by atoms with Gasteiger partial charge in [-0.1, -0.05) is 41.9 Å². The zero-order valence-corrected chi connectivity index (χ0v) is 16.0. The minimum Gasteiger partial charge on any atom is -0.495 e. The summed E-state index contributed by atoms with van der Waals surface area (Å²) < 4.78 is 5.45. The van der Waals surface area contributed by atoms with Gasteiger partial charge in [0, 0.05) is 28.8 Å². The lowest BCUT2D eigenvalue weighted by molar-refractivity contribution is 0.416. The number of nitrogens with zero attached hydrogens (tertiary/aromatic N) is 2. The van der Waals surface area contributed by atoms with E-state index in [2.05, 4.69) is 15.6 Å². The average molecular weight is 381 g/mol. The molecule has 0 atom stereocenters. The molecule has 2 aromatic carbocycles. The van der Waals surface area contributed by atoms with Gasteiger partial charge >= 0.3 is 0 Å². The van der Waals surface area contributed by atoms with Crippen molar-refractivity contribution in [2.24, 2.45) is 0 Å². The third-order valence-corrected chi connectivity index (χ3v) is 4.86. The van der Waals surface area contributed by atoms with E-state index in [4.69, 9.17) is 21.3 Å². The lowest BCUT2D eigenvalue weighted by Crippen LogP contribution is -2.07. The van der Waals surface area contributed by atoms with Crippen LogP contribution in [0.3, 0.4) is 0 Å². The molecular weight excluding hydrogens is 360 g/mol. The van der Waals surface area contributed by atoms with E-state index in [1.807, 2.05) is 49.4 Å². The van der Waals surface area contributed by atoms with Gasteiger partial charge in [-0.05, 0) is 31.4 Å². The first-order valence-electron chi connectivity index (χ1n) is 8.94. The molecule has 1 aliphatic carbocycles. The van der Waals surface area contributed by atoms with Crippen LogP contribution in [0.4, 0.5) is 17.5 Å². The summed E-state index contributed by atoms with van der Waals surface area (Å²) in [5.41, 5.74) is 3.64. The van der Waals surface area contributed by atoms with Gasteiger partial charge in [-0.2, -0.15) is 4.98 Å². The van der Waals surface area contributed by atoms with Crippen molar-refractivity contribution in [3.05, 3.63) is 59.1 Å². The number of methoxy groups -OCH3 is 1. The Kier molecular flexibility index (Phi) is 4.86. The van der Waals surface area contributed by atoms with E-state index in [1.54, 1.807) is 13.2 Å². The number of aromatic nitrogens is 2. The maximum Gasteiger partial charge on any atom is 0.229 e. The molecule has 0 spiro atoms. The van der Waals surface area contributed by atoms with Crippen LogP contribution in [-0.2, 0) is 0 Å². The van der Waals surface area contributed by atoms with Crippen molar-refractivity contribution < 1.29 is 4.74 Å². The Labute approximate surface area is 163 Å². The molecule has 3 aromatic rings. The summed E-state index contributed by atoms with van der Waals surface area (Å²) in [5, 5.41) is 7.41. The number of hydrogen-bond donors (Lipinski definition) is 2. The predicted octanol–water partition coefficient (Wildman–Crippen LogP) is 5.43. The van der Waals surface area contributed by atoms with Crippen molar-refractivity contribution in [1.29, 1.82) is 0 Å². The number of aryl methyl sites for hydroxylation is 1. The van der Waals surface area contributed by atoms with Gasteiger partial charge < -0.3 is 15.4 Å². The highest BCUT2D eigenvalue weighted by Gasteiger charge is 2.22. The Morgan fingerprint density at radius 1 is 1.07 bits per heavy atom. The van der Waals surface area contributed by atoms with E-state index in [-0.39, 0.29) is 0 Å². The molecule has 5 nitrogen and oxygen atoms in total. The molecule has 0 aliphatic heterocycles. The van der Waals surface area contributed by atoms with Gasteiger partial charge in [0.1, 0.15) is 11.6 Å². The van der Waals surface area contributed by atoms with Crippen LogP contribution in [-0.4, -0.2) is 23.1 Å². The number of ether oxygens (including phenoxy) is 1. The van der Waals surface area contributed by atoms with E-state index in [9.17, 15) is 0 Å². The topological polar surface area (TPSA) is 59.1 Å². The van der Waals surface area contributed by atoms with Crippen molar-refractivity contribution in [3.63, 3.8) is 0 Å². The first kappa shape index (κ1) is 17.6. The quantitative estimate of drug-likeness (QED) is 0.597. The van der Waals surface area contributed by atoms with E-state index < -0.39 is 0 Å². The Morgan fingerprint density at radius 2 is 1.85 bits per heavy atom. The van der Waals surface area contributed by atoms with Gasteiger partial charge in [0.05, 0.1) is 18.5 Å². The van der Waals surface area contributed by atoms with Gasteiger partial charge in [-0.3, -0.25) is 0 Å². The maximum absolute atomic E-state index is 6.21. The highest BCUT2D eigenvalue weighted by molar-refractivity contribution is 6.31. The molecule has 6 heteroatoms. The molecule has 1 saturated carbocycles. The minimum absolute atomic E-state index is 0.503. The number of benzene rings is 2. The Bertz CT molecular complexity index is 958. The van der Waals surface area contributed by atoms with Crippen molar-refractivity contribution in [2.45, 2.75) is 25.8 Å². The molecule has 4 rings (SSSR count). The molecule has 0 amide bonds. The van der Waals surface area contributed by atoms with Crippen LogP contribution in [0, 0.1) is 6.92 Å². The smallest absolute Gasteiger partial charge is 0.229 e. The highest BCUT2D eigenvalue weighted by atomic mass is 35.5. The van der Waals surface area contributed by atoms with E-state index in [0.29, 0.717) is 22.8 Å². The molecular formula is C21H21ClN4O. The first-order valence-corrected chi connectivity index (χ1v) is 9.32. The Balaban J connectivity index is 1.72. The summed E-state index contributed by atoms with van der Waals surface area (Å²) in [6, 6.07) is 16.3. The fraction of sp³-hybridized carbons (Fsp3) is 0.238. The second-order valence-electron chi connectivity index (χ2n) is 6.67. The van der Waals surface area contributed by atoms with Gasteiger partial charge in [0.2, 0.25) is 5.95 Å². The molecule has 1 aromatic heterocycles. The Hall–Kier alpha value is -2.79. The van der Waals surface area contributed by atoms with E-state index in [0.717, 1.165) is 28.3 Å². The molecule has 2 N–H and O–H groups in total. The standard InChI is InChI=1S/C21H21ClN4O/c1-13-10-18(19(27-2)11-16(13)22)25-21-24-17(14-6-4-3-5-7-14)12-20(26-21)23-15-8-9-15/h3-7,10-12,15H,8-9H2,1-2H3,(H2,23,24,25,26). The normalized spacial score (nSPS) is 13.3. The van der Waals surface area contributed by atoms with Crippen LogP contribution < -0.4 is 15.4 Å². The predicted molar refractivity (Wildman–Crippen MR) is 110 cm³/mol. The van der Waals surface area contributed by atoms with Crippen LogP contribution in [0.1, 0.15) is 18.4 Å². The molecule has 0 saturated heterocycles. The largest absolute Gasteiger partial charge is 0.495 e. The molecule has 0 bridgehead atoms. The number of halogens is 1. The van der Waals surface area contributed by atoms with Crippen LogP contribution in [0.5, 0.6) is 5.75 Å². The monoisotopic (exact) mass is 380 g/mol. The highest BCUT2D eigenvalue weighted by Crippen LogP contribution is 2.33. The fourth-order valence-corrected chi connectivity index (χ4v) is 2.97. The number of hydrogen-bond acceptors (Lipinski definition) is 5. The summed E-state index contributed by atoms with van der Waals surface area (Å²) in [5.74, 6) is 1.98. The van der Waals surface area contributed by atoms with Crippen LogP contribution in [0.15, 0.2) is 48.5 Å². The van der Waals surface area contributed by atoms with Gasteiger partial charge in [-0.15, -0.1) is 0 Å². The van der Waals surface area contributed by atoms with Gasteiger partial charge in [0.25, 0.3) is 0 Å². The summed E-state index contributed by atoms with van der Waals surface area (Å²) >= 11 is 6.21. The molecule has 27 heavy (non-hydrogen) atoms. The van der Waals surface area contributed by atoms with Crippen LogP contribution >= 0.6 is 11.6 Å². The lowest BCUT2D eigenvalue weighted by atomic mass is 10.1. The molecule has 1 fully saturated rings. The van der Waals surface area contributed by atoms with Crippen LogP contribution in [0.2, 0.25) is 5.02 Å². The summed E-state index contributed by atoms with van der Waals surface area (Å²) in [6.07, 6.45) is 2.36. The molecule has 138 valence electrons. The molecule has 1 heterocycles. The fourth-order valence-electron chi connectivity index (χ4n) is 2.82. The van der Waals surface area contributed by atoms with E-state index >= 15 is 0 Å². The second-order valence-corrected chi connectivity index (χ2v) is 7.08. The number of rotatable bonds is 6. The summed E-state index contributed by atoms with van der Waals surface area (Å²) in [7, 11) is 1.62. The first-order chi connectivity index (χ1) is 13.1. The molecule has 0 unspecified atom stereocenters. The number of nitrogens with one attached hydrogen (secondary N) is 2. The summed E-state index contributed by atoms with van der Waals surface area (Å²) in [4.78, 5) is 9.34. The van der Waals surface area contributed by atoms with Crippen LogP contribution in [0.25, 0.3) is 11.3 Å². The van der Waals surface area contributed by atoms with Crippen molar-refractivity contribution in [3.8, 4) is 17.0 Å². The van der Waals surface area contributed by atoms with Crippen molar-refractivity contribution >= 4 is 29.1 Å². The van der Waals surface area contributed by atoms with Crippen molar-refractivity contribution in [1.82, 2.24) is 9.97 Å². The molecule has 1 aliphatic rings. The number of anilines is 3. The SMILES string of the molecule is COc1cc(Cl)c(C)cc1Nc1nc(NC2CC2)cc(-c2ccccc2)n1. The summed E-state index contributed by atoms with van der Waals surface area (Å²) in [6.45, 7) is 1.95. The maximum atomic E-state index is 6.21. The average Bonchev–Trinajstić information content (AvgIpc) is 3.49. The third kappa shape index (κ3) is 4.14. The molecule has 0 radical (unpaired) electrons. The second kappa shape index (κ2) is 7.45. The van der Waals surface area contributed by atoms with E-state index in [1.165, 1.54) is 12.8 Å². The third-order valence-electron chi connectivity index (χ3n) is 4.45. The van der Waals surface area contributed by atoms with Crippen molar-refractivity contribution in [2.75, 3.05) is 17.7 Å². The zero-order valence-electron chi connectivity index (χ0n) is 15.3. The zero-order chi connectivity index (χ0) is 18.8. The minimum atomic E-state index is 0.503. The lowest BCUT2D eigenvalue weighted by Gasteiger charge is -2.14. The Morgan fingerprint density at radius 3 is 2.56 bits per heavy atom. The van der Waals surface area contributed by atoms with Gasteiger partial charge in [0.15, 0.2) is 0 Å². The van der Waals surface area contributed by atoms with Gasteiger partial charge in [-0.25, -0.2) is 4.98 Å².